The molecule has 2 aromatic carbocycles. The first-order chi connectivity index (χ1) is 14.3. The summed E-state index contributed by atoms with van der Waals surface area (Å²) in [5, 5.41) is 13.8. The summed E-state index contributed by atoms with van der Waals surface area (Å²) in [6, 6.07) is 11.6. The molecule has 0 fully saturated rings. The Morgan fingerprint density at radius 2 is 1.93 bits per heavy atom. The fraction of sp³-hybridized carbons (Fsp3) is 0.333. The molecular formula is C21H23N3O6. The summed E-state index contributed by atoms with van der Waals surface area (Å²) < 4.78 is 10.9. The maximum Gasteiger partial charge on any atom is 0.271 e. The lowest BCUT2D eigenvalue weighted by atomic mass is 10.1. The number of nitro benzene ring substituents is 1. The summed E-state index contributed by atoms with van der Waals surface area (Å²) in [6.45, 7) is 4.29. The molecule has 1 N–H and O–H groups in total. The Balaban J connectivity index is 1.60. The summed E-state index contributed by atoms with van der Waals surface area (Å²) >= 11 is 0. The minimum absolute atomic E-state index is 0.151. The summed E-state index contributed by atoms with van der Waals surface area (Å²) in [5.74, 6) is -0.491. The molecule has 0 unspecified atom stereocenters. The van der Waals surface area contributed by atoms with E-state index in [0.717, 1.165) is 11.1 Å². The zero-order valence-electron chi connectivity index (χ0n) is 16.8. The van der Waals surface area contributed by atoms with Crippen molar-refractivity contribution in [2.24, 2.45) is 0 Å². The Bertz CT molecular complexity index is 942. The molecule has 0 saturated heterocycles. The Morgan fingerprint density at radius 3 is 2.60 bits per heavy atom. The minimum Gasteiger partial charge on any atom is -0.482 e. The Kier molecular flexibility index (Phi) is 6.63. The molecule has 0 spiro atoms. The number of ether oxygens (including phenoxy) is 2. The van der Waals surface area contributed by atoms with Crippen molar-refractivity contribution in [1.29, 1.82) is 0 Å². The van der Waals surface area contributed by atoms with Crippen LogP contribution in [0.2, 0.25) is 0 Å². The molecule has 9 heteroatoms. The lowest BCUT2D eigenvalue weighted by Crippen LogP contribution is -2.45. The predicted molar refractivity (Wildman–Crippen MR) is 109 cm³/mol. The van der Waals surface area contributed by atoms with Gasteiger partial charge in [-0.25, -0.2) is 0 Å². The normalized spacial score (nSPS) is 13.0. The van der Waals surface area contributed by atoms with Crippen molar-refractivity contribution in [1.82, 2.24) is 5.32 Å². The molecule has 3 rings (SSSR count). The number of nitrogens with one attached hydrogen (secondary N) is 1. The first-order valence-electron chi connectivity index (χ1n) is 9.51. The first kappa shape index (κ1) is 21.3. The second kappa shape index (κ2) is 9.36. The second-order valence-electron chi connectivity index (χ2n) is 7.13. The number of nitrogens with zero attached hydrogens (tertiary/aromatic N) is 2. The van der Waals surface area contributed by atoms with Crippen LogP contribution in [-0.2, 0) is 27.5 Å². The molecule has 0 atom stereocenters. The molecule has 2 aromatic rings. The van der Waals surface area contributed by atoms with Crippen molar-refractivity contribution in [2.45, 2.75) is 33.1 Å². The van der Waals surface area contributed by atoms with Crippen LogP contribution < -0.4 is 15.0 Å². The zero-order chi connectivity index (χ0) is 21.7. The third-order valence-electron chi connectivity index (χ3n) is 4.49. The number of carbonyl (C=O) groups excluding carboxylic acids is 2. The number of carbonyl (C=O) groups is 2. The molecule has 1 heterocycles. The average molecular weight is 413 g/mol. The van der Waals surface area contributed by atoms with Crippen molar-refractivity contribution < 1.29 is 24.0 Å². The van der Waals surface area contributed by atoms with Gasteiger partial charge in [0.05, 0.1) is 23.3 Å². The molecule has 2 amide bonds. The number of amides is 2. The maximum absolute atomic E-state index is 12.4. The van der Waals surface area contributed by atoms with E-state index in [0.29, 0.717) is 18.9 Å². The predicted octanol–water partition coefficient (Wildman–Crippen LogP) is 2.56. The molecule has 158 valence electrons. The largest absolute Gasteiger partial charge is 0.482 e. The number of anilines is 1. The van der Waals surface area contributed by atoms with Gasteiger partial charge in [0, 0.05) is 18.7 Å². The van der Waals surface area contributed by atoms with Crippen LogP contribution in [0.15, 0.2) is 42.5 Å². The highest BCUT2D eigenvalue weighted by Gasteiger charge is 2.29. The van der Waals surface area contributed by atoms with Gasteiger partial charge in [-0.05, 0) is 31.0 Å². The van der Waals surface area contributed by atoms with E-state index in [2.05, 4.69) is 5.32 Å². The lowest BCUT2D eigenvalue weighted by molar-refractivity contribution is -0.384. The third-order valence-corrected chi connectivity index (χ3v) is 4.49. The van der Waals surface area contributed by atoms with Gasteiger partial charge in [0.25, 0.3) is 11.6 Å². The van der Waals surface area contributed by atoms with Gasteiger partial charge in [-0.3, -0.25) is 24.6 Å². The molecule has 0 bridgehead atoms. The number of non-ortho nitro benzene ring substituents is 1. The van der Waals surface area contributed by atoms with Gasteiger partial charge in [-0.2, -0.15) is 0 Å². The maximum atomic E-state index is 12.4. The van der Waals surface area contributed by atoms with Gasteiger partial charge in [-0.1, -0.05) is 24.3 Å². The van der Waals surface area contributed by atoms with E-state index in [4.69, 9.17) is 9.47 Å². The fourth-order valence-corrected chi connectivity index (χ4v) is 2.89. The summed E-state index contributed by atoms with van der Waals surface area (Å²) in [7, 11) is 0. The second-order valence-corrected chi connectivity index (χ2v) is 7.13. The third kappa shape index (κ3) is 5.32. The number of benzene rings is 2. The van der Waals surface area contributed by atoms with Crippen LogP contribution in [0.1, 0.15) is 25.0 Å². The van der Waals surface area contributed by atoms with E-state index < -0.39 is 10.8 Å². The van der Waals surface area contributed by atoms with Crippen molar-refractivity contribution in [3.05, 3.63) is 63.7 Å². The molecule has 1 aliphatic heterocycles. The molecule has 0 radical (unpaired) electrons. The van der Waals surface area contributed by atoms with Crippen LogP contribution in [-0.4, -0.2) is 36.0 Å². The molecule has 30 heavy (non-hydrogen) atoms. The van der Waals surface area contributed by atoms with Crippen molar-refractivity contribution in [2.75, 3.05) is 18.1 Å². The molecule has 0 aromatic heterocycles. The molecule has 0 saturated carbocycles. The van der Waals surface area contributed by atoms with Gasteiger partial charge in [-0.15, -0.1) is 0 Å². The monoisotopic (exact) mass is 413 g/mol. The molecule has 9 nitrogen and oxygen atoms in total. The summed E-state index contributed by atoms with van der Waals surface area (Å²) in [5.41, 5.74) is 1.97. The van der Waals surface area contributed by atoms with Crippen LogP contribution in [0.25, 0.3) is 0 Å². The Hall–Kier alpha value is -3.46. The molecular weight excluding hydrogens is 390 g/mol. The molecule has 0 aliphatic carbocycles. The van der Waals surface area contributed by atoms with E-state index in [1.807, 2.05) is 38.1 Å². The number of rotatable bonds is 8. The number of fused-ring (bicyclic) bond motifs is 1. The van der Waals surface area contributed by atoms with Gasteiger partial charge in [0.2, 0.25) is 5.91 Å². The van der Waals surface area contributed by atoms with Crippen LogP contribution in [0.5, 0.6) is 5.75 Å². The van der Waals surface area contributed by atoms with E-state index in [-0.39, 0.29) is 36.5 Å². The van der Waals surface area contributed by atoms with Crippen LogP contribution in [0.4, 0.5) is 11.4 Å². The zero-order valence-corrected chi connectivity index (χ0v) is 16.8. The Labute approximate surface area is 173 Å². The number of hydrogen-bond donors (Lipinski definition) is 1. The summed E-state index contributed by atoms with van der Waals surface area (Å²) in [6.07, 6.45) is 0.151. The number of hydrogen-bond acceptors (Lipinski definition) is 6. The average Bonchev–Trinajstić information content (AvgIpc) is 2.73. The Morgan fingerprint density at radius 1 is 1.23 bits per heavy atom. The quantitative estimate of drug-likeness (QED) is 0.526. The van der Waals surface area contributed by atoms with Crippen molar-refractivity contribution >= 4 is 23.2 Å². The van der Waals surface area contributed by atoms with Gasteiger partial charge < -0.3 is 14.8 Å². The van der Waals surface area contributed by atoms with Gasteiger partial charge >= 0.3 is 0 Å². The summed E-state index contributed by atoms with van der Waals surface area (Å²) in [4.78, 5) is 36.3. The van der Waals surface area contributed by atoms with Gasteiger partial charge in [0.15, 0.2) is 6.61 Å². The molecule has 1 aliphatic rings. The standard InChI is InChI=1S/C21H23N3O6/c1-14(2)29-12-16-5-3-15(4-6-16)10-22-20(25)11-23-18-9-17(24(27)28)7-8-19(18)30-13-21(23)26/h3-9,14H,10-13H2,1-2H3,(H,22,25). The lowest BCUT2D eigenvalue weighted by Gasteiger charge is -2.28. The fourth-order valence-electron chi connectivity index (χ4n) is 2.89. The smallest absolute Gasteiger partial charge is 0.271 e. The van der Waals surface area contributed by atoms with Crippen LogP contribution in [0.3, 0.4) is 0 Å². The van der Waals surface area contributed by atoms with E-state index >= 15 is 0 Å². The van der Waals surface area contributed by atoms with Crippen molar-refractivity contribution in [3.8, 4) is 5.75 Å². The van der Waals surface area contributed by atoms with E-state index in [1.165, 1.54) is 23.1 Å². The minimum atomic E-state index is -0.562. The highest BCUT2D eigenvalue weighted by Crippen LogP contribution is 2.35. The van der Waals surface area contributed by atoms with Gasteiger partial charge in [0.1, 0.15) is 12.3 Å². The topological polar surface area (TPSA) is 111 Å². The SMILES string of the molecule is CC(C)OCc1ccc(CNC(=O)CN2C(=O)COc3ccc([N+](=O)[O-])cc32)cc1. The van der Waals surface area contributed by atoms with E-state index in [9.17, 15) is 19.7 Å². The van der Waals surface area contributed by atoms with E-state index in [1.54, 1.807) is 0 Å². The first-order valence-corrected chi connectivity index (χ1v) is 9.51. The van der Waals surface area contributed by atoms with Crippen molar-refractivity contribution in [3.63, 3.8) is 0 Å². The highest BCUT2D eigenvalue weighted by molar-refractivity contribution is 6.02. The number of nitro groups is 1. The van der Waals surface area contributed by atoms with Crippen LogP contribution >= 0.6 is 0 Å². The van der Waals surface area contributed by atoms with Crippen LogP contribution in [0, 0.1) is 10.1 Å². The highest BCUT2D eigenvalue weighted by atomic mass is 16.6.